The number of amides is 1. The summed E-state index contributed by atoms with van der Waals surface area (Å²) in [7, 11) is 1.63. The molecule has 0 saturated heterocycles. The number of hydrogen-bond donors (Lipinski definition) is 1. The van der Waals surface area contributed by atoms with Gasteiger partial charge in [-0.25, -0.2) is 0 Å². The number of halogens is 1. The van der Waals surface area contributed by atoms with Gasteiger partial charge in [-0.2, -0.15) is 0 Å². The van der Waals surface area contributed by atoms with Crippen molar-refractivity contribution in [1.29, 1.82) is 0 Å². The van der Waals surface area contributed by atoms with E-state index in [0.717, 1.165) is 26.1 Å². The molecule has 130 valence electrons. The number of benzene rings is 3. The lowest BCUT2D eigenvalue weighted by Crippen LogP contribution is -2.13. The zero-order valence-electron chi connectivity index (χ0n) is 14.3. The molecule has 0 aliphatic heterocycles. The number of hydrogen-bond acceptors (Lipinski definition) is 2. The second-order valence-electron chi connectivity index (χ2n) is 5.66. The molecule has 0 radical (unpaired) electrons. The Hall–Kier alpha value is -2.60. The maximum absolute atomic E-state index is 12.9. The fourth-order valence-corrected chi connectivity index (χ4v) is 2.86. The summed E-state index contributed by atoms with van der Waals surface area (Å²) in [6.45, 7) is 0. The zero-order chi connectivity index (χ0) is 18.4. The standard InChI is InChI=1S/C22H18INO2/c1-26-20-13-7-16(8-14-20)15-21(17-5-3-2-4-6-17)22(25)24-19-11-9-18(23)10-12-19/h2-15H,1H3,(H,24,25). The Labute approximate surface area is 166 Å². The van der Waals surface area contributed by atoms with Crippen molar-refractivity contribution in [2.24, 2.45) is 0 Å². The summed E-state index contributed by atoms with van der Waals surface area (Å²) in [6, 6.07) is 25.0. The monoisotopic (exact) mass is 455 g/mol. The minimum atomic E-state index is -0.145. The molecule has 4 heteroatoms. The van der Waals surface area contributed by atoms with E-state index < -0.39 is 0 Å². The van der Waals surface area contributed by atoms with Gasteiger partial charge in [-0.1, -0.05) is 42.5 Å². The molecular formula is C22H18INO2. The summed E-state index contributed by atoms with van der Waals surface area (Å²) in [4.78, 5) is 12.9. The van der Waals surface area contributed by atoms with E-state index >= 15 is 0 Å². The lowest BCUT2D eigenvalue weighted by Gasteiger charge is -2.10. The predicted octanol–water partition coefficient (Wildman–Crippen LogP) is 5.48. The molecule has 0 spiro atoms. The summed E-state index contributed by atoms with van der Waals surface area (Å²) >= 11 is 2.24. The van der Waals surface area contributed by atoms with Gasteiger partial charge in [0.2, 0.25) is 0 Å². The van der Waals surface area contributed by atoms with Crippen molar-refractivity contribution in [3.05, 3.63) is 93.6 Å². The highest BCUT2D eigenvalue weighted by molar-refractivity contribution is 14.1. The first kappa shape index (κ1) is 18.2. The van der Waals surface area contributed by atoms with Crippen LogP contribution in [0.5, 0.6) is 5.75 Å². The quantitative estimate of drug-likeness (QED) is 0.315. The molecule has 0 atom stereocenters. The molecule has 1 amide bonds. The smallest absolute Gasteiger partial charge is 0.256 e. The van der Waals surface area contributed by atoms with Crippen LogP contribution in [0.2, 0.25) is 0 Å². The van der Waals surface area contributed by atoms with Crippen LogP contribution in [0, 0.1) is 3.57 Å². The van der Waals surface area contributed by atoms with Gasteiger partial charge in [0.15, 0.2) is 0 Å². The minimum absolute atomic E-state index is 0.145. The van der Waals surface area contributed by atoms with Crippen molar-refractivity contribution in [2.75, 3.05) is 12.4 Å². The van der Waals surface area contributed by atoms with Crippen molar-refractivity contribution in [3.63, 3.8) is 0 Å². The van der Waals surface area contributed by atoms with E-state index in [0.29, 0.717) is 5.57 Å². The Bertz CT molecular complexity index is 901. The molecule has 1 N–H and O–H groups in total. The van der Waals surface area contributed by atoms with Crippen LogP contribution in [0.25, 0.3) is 11.6 Å². The number of rotatable bonds is 5. The van der Waals surface area contributed by atoms with Crippen LogP contribution in [0.15, 0.2) is 78.9 Å². The first-order valence-corrected chi connectivity index (χ1v) is 9.21. The van der Waals surface area contributed by atoms with Gasteiger partial charge in [-0.3, -0.25) is 4.79 Å². The Balaban J connectivity index is 1.93. The average molecular weight is 455 g/mol. The van der Waals surface area contributed by atoms with E-state index in [2.05, 4.69) is 27.9 Å². The zero-order valence-corrected chi connectivity index (χ0v) is 16.4. The third-order valence-corrected chi connectivity index (χ3v) is 4.58. The molecule has 0 aliphatic carbocycles. The molecule has 3 nitrogen and oxygen atoms in total. The Morgan fingerprint density at radius 3 is 2.19 bits per heavy atom. The summed E-state index contributed by atoms with van der Waals surface area (Å²) < 4.78 is 6.32. The Kier molecular flexibility index (Phi) is 6.07. The van der Waals surface area contributed by atoms with Crippen molar-refractivity contribution < 1.29 is 9.53 Å². The summed E-state index contributed by atoms with van der Waals surface area (Å²) in [5, 5.41) is 2.98. The molecule has 0 fully saturated rings. The van der Waals surface area contributed by atoms with Gasteiger partial charge in [0.25, 0.3) is 5.91 Å². The summed E-state index contributed by atoms with van der Waals surface area (Å²) in [5.74, 6) is 0.639. The topological polar surface area (TPSA) is 38.3 Å². The SMILES string of the molecule is COc1ccc(C=C(C(=O)Nc2ccc(I)cc2)c2ccccc2)cc1. The number of anilines is 1. The molecule has 0 unspecified atom stereocenters. The van der Waals surface area contributed by atoms with E-state index in [4.69, 9.17) is 4.74 Å². The van der Waals surface area contributed by atoms with Crippen LogP contribution in [-0.4, -0.2) is 13.0 Å². The highest BCUT2D eigenvalue weighted by Gasteiger charge is 2.12. The van der Waals surface area contributed by atoms with Crippen molar-refractivity contribution in [2.45, 2.75) is 0 Å². The molecular weight excluding hydrogens is 437 g/mol. The van der Waals surface area contributed by atoms with Crippen LogP contribution >= 0.6 is 22.6 Å². The first-order valence-electron chi connectivity index (χ1n) is 8.14. The van der Waals surface area contributed by atoms with E-state index in [1.54, 1.807) is 7.11 Å². The summed E-state index contributed by atoms with van der Waals surface area (Å²) in [6.07, 6.45) is 1.89. The van der Waals surface area contributed by atoms with Crippen LogP contribution in [0.4, 0.5) is 5.69 Å². The molecule has 26 heavy (non-hydrogen) atoms. The molecule has 0 heterocycles. The first-order chi connectivity index (χ1) is 12.7. The molecule has 0 saturated carbocycles. The number of carbonyl (C=O) groups excluding carboxylic acids is 1. The molecule has 0 aliphatic rings. The van der Waals surface area contributed by atoms with E-state index in [1.165, 1.54) is 0 Å². The van der Waals surface area contributed by atoms with Crippen molar-refractivity contribution in [1.82, 2.24) is 0 Å². The Morgan fingerprint density at radius 2 is 1.58 bits per heavy atom. The van der Waals surface area contributed by atoms with Gasteiger partial charge >= 0.3 is 0 Å². The van der Waals surface area contributed by atoms with Crippen LogP contribution in [-0.2, 0) is 4.79 Å². The largest absolute Gasteiger partial charge is 0.497 e. The van der Waals surface area contributed by atoms with Crippen molar-refractivity contribution >= 4 is 45.8 Å². The second-order valence-corrected chi connectivity index (χ2v) is 6.90. The van der Waals surface area contributed by atoms with Crippen LogP contribution in [0.1, 0.15) is 11.1 Å². The fourth-order valence-electron chi connectivity index (χ4n) is 2.50. The van der Waals surface area contributed by atoms with E-state index in [-0.39, 0.29) is 5.91 Å². The Morgan fingerprint density at radius 1 is 0.923 bits per heavy atom. The maximum Gasteiger partial charge on any atom is 0.256 e. The predicted molar refractivity (Wildman–Crippen MR) is 115 cm³/mol. The highest BCUT2D eigenvalue weighted by Crippen LogP contribution is 2.22. The fraction of sp³-hybridized carbons (Fsp3) is 0.0455. The maximum atomic E-state index is 12.9. The molecule has 3 aromatic carbocycles. The lowest BCUT2D eigenvalue weighted by molar-refractivity contribution is -0.111. The number of carbonyl (C=O) groups is 1. The molecule has 0 aromatic heterocycles. The van der Waals surface area contributed by atoms with E-state index in [1.807, 2.05) is 84.9 Å². The second kappa shape index (κ2) is 8.67. The number of nitrogens with one attached hydrogen (secondary N) is 1. The lowest BCUT2D eigenvalue weighted by atomic mass is 10.0. The van der Waals surface area contributed by atoms with Crippen LogP contribution in [0.3, 0.4) is 0 Å². The van der Waals surface area contributed by atoms with Gasteiger partial charge in [-0.05, 0) is 76.2 Å². The third kappa shape index (κ3) is 4.73. The number of methoxy groups -OCH3 is 1. The minimum Gasteiger partial charge on any atom is -0.497 e. The third-order valence-electron chi connectivity index (χ3n) is 3.86. The van der Waals surface area contributed by atoms with Crippen LogP contribution < -0.4 is 10.1 Å². The van der Waals surface area contributed by atoms with Crippen molar-refractivity contribution in [3.8, 4) is 5.75 Å². The molecule has 3 aromatic rings. The van der Waals surface area contributed by atoms with E-state index in [9.17, 15) is 4.79 Å². The van der Waals surface area contributed by atoms with Gasteiger partial charge in [0.05, 0.1) is 7.11 Å². The summed E-state index contributed by atoms with van der Waals surface area (Å²) in [5.41, 5.74) is 3.18. The molecule has 3 rings (SSSR count). The van der Waals surface area contributed by atoms with Gasteiger partial charge < -0.3 is 10.1 Å². The highest BCUT2D eigenvalue weighted by atomic mass is 127. The normalized spacial score (nSPS) is 11.1. The molecule has 0 bridgehead atoms. The van der Waals surface area contributed by atoms with Gasteiger partial charge in [-0.15, -0.1) is 0 Å². The number of ether oxygens (including phenoxy) is 1. The van der Waals surface area contributed by atoms with Gasteiger partial charge in [0.1, 0.15) is 5.75 Å². The van der Waals surface area contributed by atoms with Gasteiger partial charge in [0, 0.05) is 14.8 Å². The average Bonchev–Trinajstić information content (AvgIpc) is 2.69.